The van der Waals surface area contributed by atoms with Crippen LogP contribution in [0.5, 0.6) is 0 Å². The lowest BCUT2D eigenvalue weighted by atomic mass is 10.0. The monoisotopic (exact) mass is 327 g/mol. The van der Waals surface area contributed by atoms with Gasteiger partial charge in [0.15, 0.2) is 5.78 Å². The SMILES string of the molecule is CCCCNC(=O)CC(NC(=O)C(C)NC(C)=O)C(=O)CCC. The number of Topliss-reactive ketones (excluding diaryl/α,β-unsaturated/α-hetero) is 1. The van der Waals surface area contributed by atoms with Crippen LogP contribution in [0.1, 0.15) is 59.8 Å². The minimum atomic E-state index is -0.861. The second-order valence-corrected chi connectivity index (χ2v) is 5.61. The van der Waals surface area contributed by atoms with Gasteiger partial charge in [0, 0.05) is 19.9 Å². The van der Waals surface area contributed by atoms with Gasteiger partial charge in [-0.25, -0.2) is 0 Å². The first-order chi connectivity index (χ1) is 10.8. The van der Waals surface area contributed by atoms with Gasteiger partial charge in [0.05, 0.1) is 12.5 Å². The molecule has 0 saturated carbocycles. The second-order valence-electron chi connectivity index (χ2n) is 5.61. The molecule has 0 heterocycles. The Balaban J connectivity index is 4.68. The molecule has 0 aliphatic carbocycles. The fourth-order valence-electron chi connectivity index (χ4n) is 2.00. The third-order valence-electron chi connectivity index (χ3n) is 3.26. The highest BCUT2D eigenvalue weighted by molar-refractivity contribution is 5.95. The molecule has 132 valence electrons. The van der Waals surface area contributed by atoms with Crippen molar-refractivity contribution in [3.05, 3.63) is 0 Å². The lowest BCUT2D eigenvalue weighted by Crippen LogP contribution is -2.51. The third-order valence-corrected chi connectivity index (χ3v) is 3.26. The number of nitrogens with one attached hydrogen (secondary N) is 3. The first kappa shape index (κ1) is 21.1. The molecule has 0 aliphatic heterocycles. The second kappa shape index (κ2) is 11.6. The van der Waals surface area contributed by atoms with Gasteiger partial charge < -0.3 is 16.0 Å². The van der Waals surface area contributed by atoms with E-state index in [4.69, 9.17) is 0 Å². The maximum Gasteiger partial charge on any atom is 0.242 e. The Kier molecular flexibility index (Phi) is 10.7. The van der Waals surface area contributed by atoms with Gasteiger partial charge in [-0.3, -0.25) is 19.2 Å². The summed E-state index contributed by atoms with van der Waals surface area (Å²) in [7, 11) is 0. The van der Waals surface area contributed by atoms with Crippen LogP contribution in [0.4, 0.5) is 0 Å². The predicted octanol–water partition coefficient (Wildman–Crippen LogP) is 0.671. The first-order valence-corrected chi connectivity index (χ1v) is 8.18. The van der Waals surface area contributed by atoms with E-state index in [1.54, 1.807) is 0 Å². The van der Waals surface area contributed by atoms with E-state index in [1.807, 2.05) is 13.8 Å². The summed E-state index contributed by atoms with van der Waals surface area (Å²) >= 11 is 0. The van der Waals surface area contributed by atoms with Crippen molar-refractivity contribution in [2.75, 3.05) is 6.54 Å². The topological polar surface area (TPSA) is 104 Å². The van der Waals surface area contributed by atoms with E-state index in [0.29, 0.717) is 19.4 Å². The summed E-state index contributed by atoms with van der Waals surface area (Å²) in [5, 5.41) is 7.75. The van der Waals surface area contributed by atoms with Gasteiger partial charge in [-0.15, -0.1) is 0 Å². The van der Waals surface area contributed by atoms with Gasteiger partial charge in [0.25, 0.3) is 0 Å². The molecule has 0 saturated heterocycles. The molecule has 3 amide bonds. The van der Waals surface area contributed by atoms with E-state index in [1.165, 1.54) is 13.8 Å². The molecule has 0 aromatic carbocycles. The smallest absolute Gasteiger partial charge is 0.242 e. The summed E-state index contributed by atoms with van der Waals surface area (Å²) in [5.74, 6) is -1.25. The van der Waals surface area contributed by atoms with Crippen LogP contribution in [-0.2, 0) is 19.2 Å². The summed E-state index contributed by atoms with van der Waals surface area (Å²) in [6.45, 7) is 7.27. The van der Waals surface area contributed by atoms with E-state index >= 15 is 0 Å². The van der Waals surface area contributed by atoms with E-state index in [0.717, 1.165) is 12.8 Å². The maximum absolute atomic E-state index is 12.1. The molecule has 3 N–H and O–H groups in total. The Morgan fingerprint density at radius 1 is 1.00 bits per heavy atom. The highest BCUT2D eigenvalue weighted by Gasteiger charge is 2.25. The number of rotatable bonds is 11. The molecular weight excluding hydrogens is 298 g/mol. The number of ketones is 1. The van der Waals surface area contributed by atoms with Crippen LogP contribution >= 0.6 is 0 Å². The van der Waals surface area contributed by atoms with Crippen molar-refractivity contribution < 1.29 is 19.2 Å². The van der Waals surface area contributed by atoms with Gasteiger partial charge in [0.1, 0.15) is 6.04 Å². The molecule has 0 fully saturated rings. The Morgan fingerprint density at radius 2 is 1.65 bits per heavy atom. The Bertz CT molecular complexity index is 424. The maximum atomic E-state index is 12.1. The van der Waals surface area contributed by atoms with Gasteiger partial charge >= 0.3 is 0 Å². The molecule has 0 bridgehead atoms. The van der Waals surface area contributed by atoms with Gasteiger partial charge in [-0.05, 0) is 19.8 Å². The largest absolute Gasteiger partial charge is 0.356 e. The van der Waals surface area contributed by atoms with Crippen molar-refractivity contribution in [3.63, 3.8) is 0 Å². The van der Waals surface area contributed by atoms with E-state index < -0.39 is 18.0 Å². The van der Waals surface area contributed by atoms with Crippen LogP contribution in [0.2, 0.25) is 0 Å². The zero-order valence-corrected chi connectivity index (χ0v) is 14.5. The number of amides is 3. The van der Waals surface area contributed by atoms with Crippen LogP contribution in [-0.4, -0.2) is 42.1 Å². The predicted molar refractivity (Wildman–Crippen MR) is 87.7 cm³/mol. The molecule has 2 atom stereocenters. The number of carbonyl (C=O) groups is 4. The summed E-state index contributed by atoms with van der Waals surface area (Å²) in [6.07, 6.45) is 2.68. The fraction of sp³-hybridized carbons (Fsp3) is 0.750. The third kappa shape index (κ3) is 9.65. The number of hydrogen-bond donors (Lipinski definition) is 3. The molecule has 7 nitrogen and oxygen atoms in total. The molecule has 0 aromatic rings. The molecule has 0 aliphatic rings. The average molecular weight is 327 g/mol. The summed E-state index contributed by atoms with van der Waals surface area (Å²) in [6, 6.07) is -1.62. The van der Waals surface area contributed by atoms with Crippen LogP contribution in [0.25, 0.3) is 0 Å². The minimum absolute atomic E-state index is 0.0823. The zero-order chi connectivity index (χ0) is 17.8. The molecule has 7 heteroatoms. The Morgan fingerprint density at radius 3 is 2.17 bits per heavy atom. The fourth-order valence-corrected chi connectivity index (χ4v) is 2.00. The van der Waals surface area contributed by atoms with Crippen molar-refractivity contribution >= 4 is 23.5 Å². The lowest BCUT2D eigenvalue weighted by Gasteiger charge is -2.20. The van der Waals surface area contributed by atoms with Gasteiger partial charge in [-0.2, -0.15) is 0 Å². The van der Waals surface area contributed by atoms with Crippen LogP contribution < -0.4 is 16.0 Å². The standard InChI is InChI=1S/C16H29N3O4/c1-5-7-9-17-15(22)10-13(14(21)8-6-2)19-16(23)11(3)18-12(4)20/h11,13H,5-10H2,1-4H3,(H,17,22)(H,18,20)(H,19,23). The normalized spacial score (nSPS) is 12.9. The van der Waals surface area contributed by atoms with Crippen LogP contribution in [0, 0.1) is 0 Å². The minimum Gasteiger partial charge on any atom is -0.356 e. The van der Waals surface area contributed by atoms with Crippen LogP contribution in [0.3, 0.4) is 0 Å². The van der Waals surface area contributed by atoms with Crippen molar-refractivity contribution in [1.29, 1.82) is 0 Å². The van der Waals surface area contributed by atoms with E-state index in [9.17, 15) is 19.2 Å². The molecule has 0 radical (unpaired) electrons. The average Bonchev–Trinajstić information content (AvgIpc) is 2.46. The van der Waals surface area contributed by atoms with Crippen molar-refractivity contribution in [1.82, 2.24) is 16.0 Å². The number of carbonyl (C=O) groups excluding carboxylic acids is 4. The molecule has 23 heavy (non-hydrogen) atoms. The molecule has 0 aromatic heterocycles. The van der Waals surface area contributed by atoms with E-state index in [-0.39, 0.29) is 24.0 Å². The van der Waals surface area contributed by atoms with Gasteiger partial charge in [0.2, 0.25) is 17.7 Å². The lowest BCUT2D eigenvalue weighted by molar-refractivity contribution is -0.132. The summed E-state index contributed by atoms with van der Waals surface area (Å²) in [5.41, 5.74) is 0. The van der Waals surface area contributed by atoms with Gasteiger partial charge in [-0.1, -0.05) is 20.3 Å². The summed E-state index contributed by atoms with van der Waals surface area (Å²) < 4.78 is 0. The first-order valence-electron chi connectivity index (χ1n) is 8.18. The highest BCUT2D eigenvalue weighted by Crippen LogP contribution is 2.02. The Hall–Kier alpha value is -1.92. The molecule has 0 spiro atoms. The number of hydrogen-bond acceptors (Lipinski definition) is 4. The van der Waals surface area contributed by atoms with E-state index in [2.05, 4.69) is 16.0 Å². The summed E-state index contributed by atoms with van der Waals surface area (Å²) in [4.78, 5) is 47.0. The molecule has 2 unspecified atom stereocenters. The van der Waals surface area contributed by atoms with Crippen LogP contribution in [0.15, 0.2) is 0 Å². The quantitative estimate of drug-likeness (QED) is 0.485. The molecular formula is C16H29N3O4. The van der Waals surface area contributed by atoms with Crippen molar-refractivity contribution in [2.45, 2.75) is 71.9 Å². The zero-order valence-electron chi connectivity index (χ0n) is 14.5. The highest BCUT2D eigenvalue weighted by atomic mass is 16.2. The van der Waals surface area contributed by atoms with Crippen molar-refractivity contribution in [2.24, 2.45) is 0 Å². The molecule has 0 rings (SSSR count). The number of unbranched alkanes of at least 4 members (excludes halogenated alkanes) is 1. The Labute approximate surface area is 138 Å². The van der Waals surface area contributed by atoms with Crippen molar-refractivity contribution in [3.8, 4) is 0 Å².